The van der Waals surface area contributed by atoms with Crippen LogP contribution in [-0.2, 0) is 4.79 Å². The van der Waals surface area contributed by atoms with Crippen LogP contribution >= 0.6 is 12.2 Å². The third-order valence-electron chi connectivity index (χ3n) is 6.61. The Morgan fingerprint density at radius 2 is 1.46 bits per heavy atom. The number of H-pyrrole nitrogens is 1. The molecular formula is C30H49N5OS. The summed E-state index contributed by atoms with van der Waals surface area (Å²) >= 11 is 5.64. The van der Waals surface area contributed by atoms with Gasteiger partial charge in [-0.25, -0.2) is 4.98 Å². The van der Waals surface area contributed by atoms with Crippen LogP contribution in [-0.4, -0.2) is 42.1 Å². The van der Waals surface area contributed by atoms with Crippen molar-refractivity contribution in [2.45, 2.75) is 98.3 Å². The zero-order valence-corrected chi connectivity index (χ0v) is 24.5. The van der Waals surface area contributed by atoms with Crippen molar-refractivity contribution in [2.75, 3.05) is 41.3 Å². The van der Waals surface area contributed by atoms with Gasteiger partial charge in [0.1, 0.15) is 17.3 Å². The van der Waals surface area contributed by atoms with Crippen molar-refractivity contribution in [2.24, 2.45) is 0 Å². The number of benzene rings is 1. The van der Waals surface area contributed by atoms with Crippen LogP contribution in [0.15, 0.2) is 30.3 Å². The molecule has 7 heteroatoms. The molecule has 206 valence electrons. The van der Waals surface area contributed by atoms with E-state index in [1.165, 1.54) is 44.2 Å². The minimum atomic E-state index is -0.00664. The molecule has 1 aromatic carbocycles. The van der Waals surface area contributed by atoms with Crippen LogP contribution in [0.1, 0.15) is 97.2 Å². The maximum absolute atomic E-state index is 13.1. The van der Waals surface area contributed by atoms with Gasteiger partial charge in [0, 0.05) is 38.3 Å². The smallest absolute Gasteiger partial charge is 0.224 e. The summed E-state index contributed by atoms with van der Waals surface area (Å²) in [5.41, 5.74) is 1.86. The lowest BCUT2D eigenvalue weighted by Gasteiger charge is -2.27. The van der Waals surface area contributed by atoms with E-state index in [9.17, 15) is 4.79 Å². The van der Waals surface area contributed by atoms with Crippen LogP contribution in [0, 0.1) is 11.6 Å². The Hall–Kier alpha value is -2.41. The molecule has 0 fully saturated rings. The molecule has 2 N–H and O–H groups in total. The second kappa shape index (κ2) is 17.9. The molecule has 1 heterocycles. The monoisotopic (exact) mass is 527 g/mol. The summed E-state index contributed by atoms with van der Waals surface area (Å²) in [4.78, 5) is 25.7. The summed E-state index contributed by atoms with van der Waals surface area (Å²) in [5.74, 6) is 1.69. The molecule has 0 atom stereocenters. The first-order chi connectivity index (χ1) is 18.0. The SMILES string of the molecule is CCCCCCN(CCCCCC)c1[nH]c(C)nc(=S)c1NC(=O)CCCN(CCC)c1ccccc1. The zero-order chi connectivity index (χ0) is 26.9. The van der Waals surface area contributed by atoms with Crippen molar-refractivity contribution in [3.05, 3.63) is 40.8 Å². The summed E-state index contributed by atoms with van der Waals surface area (Å²) in [7, 11) is 0. The van der Waals surface area contributed by atoms with E-state index in [-0.39, 0.29) is 5.91 Å². The molecule has 0 bridgehead atoms. The minimum absolute atomic E-state index is 0.00664. The molecule has 2 aromatic rings. The van der Waals surface area contributed by atoms with E-state index < -0.39 is 0 Å². The van der Waals surface area contributed by atoms with Crippen LogP contribution in [0.2, 0.25) is 0 Å². The van der Waals surface area contributed by atoms with Crippen molar-refractivity contribution in [3.63, 3.8) is 0 Å². The van der Waals surface area contributed by atoms with E-state index >= 15 is 0 Å². The molecule has 0 aliphatic rings. The van der Waals surface area contributed by atoms with Crippen molar-refractivity contribution in [3.8, 4) is 0 Å². The average Bonchev–Trinajstić information content (AvgIpc) is 2.89. The normalized spacial score (nSPS) is 10.9. The minimum Gasteiger partial charge on any atom is -0.372 e. The number of carbonyl (C=O) groups is 1. The van der Waals surface area contributed by atoms with Gasteiger partial charge in [0.15, 0.2) is 4.64 Å². The molecular weight excluding hydrogens is 478 g/mol. The van der Waals surface area contributed by atoms with Crippen molar-refractivity contribution >= 4 is 35.3 Å². The van der Waals surface area contributed by atoms with E-state index in [4.69, 9.17) is 12.2 Å². The molecule has 0 aliphatic heterocycles. The standard InChI is InChI=1S/C30H49N5OS/c1-5-8-10-15-22-35(23-16-11-9-6-2)29-28(30(37)32-25(4)31-29)33-27(36)20-17-24-34(21-7-3)26-18-13-12-14-19-26/h12-14,18-19H,5-11,15-17,20-24H2,1-4H3,(H,33,36)(H,31,32,37). The van der Waals surface area contributed by atoms with Gasteiger partial charge < -0.3 is 20.1 Å². The third-order valence-corrected chi connectivity index (χ3v) is 6.91. The Morgan fingerprint density at radius 3 is 2.05 bits per heavy atom. The zero-order valence-electron chi connectivity index (χ0n) is 23.7. The highest BCUT2D eigenvalue weighted by atomic mass is 32.1. The van der Waals surface area contributed by atoms with Gasteiger partial charge in [0.25, 0.3) is 0 Å². The van der Waals surface area contributed by atoms with Gasteiger partial charge in [-0.1, -0.05) is 89.7 Å². The summed E-state index contributed by atoms with van der Waals surface area (Å²) < 4.78 is 0.462. The average molecular weight is 528 g/mol. The molecule has 37 heavy (non-hydrogen) atoms. The molecule has 0 radical (unpaired) electrons. The van der Waals surface area contributed by atoms with Gasteiger partial charge in [-0.15, -0.1) is 0 Å². The number of hydrogen-bond donors (Lipinski definition) is 2. The predicted molar refractivity (Wildman–Crippen MR) is 161 cm³/mol. The first-order valence-corrected chi connectivity index (χ1v) is 14.9. The summed E-state index contributed by atoms with van der Waals surface area (Å²) in [6.45, 7) is 12.3. The lowest BCUT2D eigenvalue weighted by molar-refractivity contribution is -0.116. The highest BCUT2D eigenvalue weighted by Crippen LogP contribution is 2.26. The van der Waals surface area contributed by atoms with Gasteiger partial charge in [-0.3, -0.25) is 4.79 Å². The molecule has 0 aliphatic carbocycles. The van der Waals surface area contributed by atoms with Crippen molar-refractivity contribution < 1.29 is 4.79 Å². The van der Waals surface area contributed by atoms with Crippen LogP contribution in [0.25, 0.3) is 0 Å². The second-order valence-electron chi connectivity index (χ2n) is 9.93. The molecule has 0 spiro atoms. The first-order valence-electron chi connectivity index (χ1n) is 14.5. The number of para-hydroxylation sites is 1. The van der Waals surface area contributed by atoms with E-state index in [1.807, 2.05) is 13.0 Å². The fourth-order valence-electron chi connectivity index (χ4n) is 4.63. The number of aromatic amines is 1. The van der Waals surface area contributed by atoms with Gasteiger partial charge in [0.05, 0.1) is 0 Å². The number of nitrogens with zero attached hydrogens (tertiary/aromatic N) is 3. The molecule has 0 saturated carbocycles. The van der Waals surface area contributed by atoms with Crippen LogP contribution in [0.5, 0.6) is 0 Å². The molecule has 6 nitrogen and oxygen atoms in total. The number of rotatable bonds is 19. The molecule has 1 aromatic heterocycles. The largest absolute Gasteiger partial charge is 0.372 e. The number of unbranched alkanes of at least 4 members (excludes halogenated alkanes) is 6. The van der Waals surface area contributed by atoms with Gasteiger partial charge >= 0.3 is 0 Å². The van der Waals surface area contributed by atoms with Crippen LogP contribution in [0.3, 0.4) is 0 Å². The quantitative estimate of drug-likeness (QED) is 0.143. The lowest BCUT2D eigenvalue weighted by atomic mass is 10.1. The van der Waals surface area contributed by atoms with E-state index in [1.54, 1.807) is 0 Å². The maximum Gasteiger partial charge on any atom is 0.224 e. The number of aromatic nitrogens is 2. The Morgan fingerprint density at radius 1 is 0.838 bits per heavy atom. The lowest BCUT2D eigenvalue weighted by Crippen LogP contribution is -2.29. The van der Waals surface area contributed by atoms with E-state index in [2.05, 4.69) is 70.1 Å². The number of hydrogen-bond acceptors (Lipinski definition) is 5. The molecule has 1 amide bonds. The van der Waals surface area contributed by atoms with Gasteiger partial charge in [0.2, 0.25) is 5.91 Å². The summed E-state index contributed by atoms with van der Waals surface area (Å²) in [6.07, 6.45) is 11.9. The number of anilines is 3. The van der Waals surface area contributed by atoms with Crippen molar-refractivity contribution in [1.29, 1.82) is 0 Å². The van der Waals surface area contributed by atoms with Crippen molar-refractivity contribution in [1.82, 2.24) is 9.97 Å². The Balaban J connectivity index is 2.09. The van der Waals surface area contributed by atoms with Gasteiger partial charge in [-0.05, 0) is 44.7 Å². The fraction of sp³-hybridized carbons (Fsp3) is 0.633. The second-order valence-corrected chi connectivity index (χ2v) is 10.3. The molecule has 0 unspecified atom stereocenters. The summed E-state index contributed by atoms with van der Waals surface area (Å²) in [5, 5.41) is 3.14. The van der Waals surface area contributed by atoms with Crippen LogP contribution in [0.4, 0.5) is 17.2 Å². The predicted octanol–water partition coefficient (Wildman–Crippen LogP) is 8.05. The maximum atomic E-state index is 13.1. The summed E-state index contributed by atoms with van der Waals surface area (Å²) in [6, 6.07) is 10.4. The van der Waals surface area contributed by atoms with Gasteiger partial charge in [-0.2, -0.15) is 0 Å². The molecule has 2 rings (SSSR count). The number of aryl methyl sites for hydroxylation is 1. The Labute approximate surface area is 230 Å². The highest BCUT2D eigenvalue weighted by molar-refractivity contribution is 7.71. The number of nitrogens with one attached hydrogen (secondary N) is 2. The Kier molecular flexibility index (Phi) is 14.9. The van der Waals surface area contributed by atoms with E-state index in [0.29, 0.717) is 16.7 Å². The van der Waals surface area contributed by atoms with E-state index in [0.717, 1.165) is 63.5 Å². The highest BCUT2D eigenvalue weighted by Gasteiger charge is 2.17. The fourth-order valence-corrected chi connectivity index (χ4v) is 4.91. The topological polar surface area (TPSA) is 64.3 Å². The molecule has 0 saturated heterocycles. The van der Waals surface area contributed by atoms with Crippen LogP contribution < -0.4 is 15.1 Å². The first kappa shape index (κ1) is 30.8. The number of amides is 1. The Bertz CT molecular complexity index is 950. The third kappa shape index (κ3) is 11.2. The number of carbonyl (C=O) groups excluding carboxylic acids is 1.